The molecule has 0 saturated carbocycles. The summed E-state index contributed by atoms with van der Waals surface area (Å²) in [5.41, 5.74) is 3.33. The molecule has 9 nitrogen and oxygen atoms in total. The van der Waals surface area contributed by atoms with Gasteiger partial charge in [0.15, 0.2) is 10.9 Å². The van der Waals surface area contributed by atoms with Crippen LogP contribution in [0.15, 0.2) is 22.5 Å². The van der Waals surface area contributed by atoms with E-state index >= 15 is 4.39 Å². The van der Waals surface area contributed by atoms with E-state index in [1.807, 2.05) is 0 Å². The number of aliphatic hydroxyl groups is 2. The van der Waals surface area contributed by atoms with Crippen LogP contribution < -0.4 is 16.2 Å². The van der Waals surface area contributed by atoms with Gasteiger partial charge in [0.1, 0.15) is 12.4 Å². The van der Waals surface area contributed by atoms with E-state index in [2.05, 4.69) is 10.6 Å². The number of carbonyl (C=O) groups excluding carboxylic acids is 2. The number of pyridine rings is 1. The van der Waals surface area contributed by atoms with E-state index in [4.69, 9.17) is 4.74 Å². The summed E-state index contributed by atoms with van der Waals surface area (Å²) in [6.45, 7) is 3.43. The molecule has 2 aromatic rings. The third-order valence-corrected chi connectivity index (χ3v) is 10.8. The fraction of sp³-hybridized carbons (Fsp3) is 0.464. The van der Waals surface area contributed by atoms with E-state index < -0.39 is 34.9 Å². The average molecular weight is 554 g/mol. The molecule has 1 aliphatic carbocycles. The Hall–Kier alpha value is -3.07. The molecule has 5 aliphatic rings. The predicted molar refractivity (Wildman–Crippen MR) is 142 cm³/mol. The van der Waals surface area contributed by atoms with Crippen LogP contribution in [0.25, 0.3) is 5.57 Å². The molecule has 0 radical (unpaired) electrons. The number of hydrogen-bond donors (Lipinski definition) is 4. The first-order valence-electron chi connectivity index (χ1n) is 13.3. The number of cyclic esters (lactones) is 1. The molecule has 7 rings (SSSR count). The van der Waals surface area contributed by atoms with E-state index in [0.717, 1.165) is 28.4 Å². The minimum atomic E-state index is -1.93. The lowest BCUT2D eigenvalue weighted by atomic mass is 9.75. The van der Waals surface area contributed by atoms with Crippen LogP contribution in [0.5, 0.6) is 0 Å². The highest BCUT2D eigenvalue weighted by molar-refractivity contribution is 7.43. The van der Waals surface area contributed by atoms with Gasteiger partial charge in [0.25, 0.3) is 11.5 Å². The van der Waals surface area contributed by atoms with Gasteiger partial charge in [-0.1, -0.05) is 15.5 Å². The zero-order valence-electron chi connectivity index (χ0n) is 21.6. The summed E-state index contributed by atoms with van der Waals surface area (Å²) in [6.07, 6.45) is 2.39. The molecule has 0 bridgehead atoms. The highest BCUT2D eigenvalue weighted by atomic mass is 31.1. The molecule has 1 amide bonds. The lowest BCUT2D eigenvalue weighted by Gasteiger charge is -2.41. The van der Waals surface area contributed by atoms with Gasteiger partial charge < -0.3 is 30.2 Å². The summed E-state index contributed by atoms with van der Waals surface area (Å²) in [6, 6.07) is 2.21. The number of nitrogens with one attached hydrogen (secondary N) is 2. The number of benzene rings is 1. The number of amides is 1. The lowest BCUT2D eigenvalue weighted by Crippen LogP contribution is -2.52. The van der Waals surface area contributed by atoms with Crippen molar-refractivity contribution >= 4 is 31.7 Å². The highest BCUT2D eigenvalue weighted by Gasteiger charge is 2.49. The molecular formula is C28H29FN3O6P. The molecule has 5 heterocycles. The van der Waals surface area contributed by atoms with E-state index in [-0.39, 0.29) is 50.7 Å². The van der Waals surface area contributed by atoms with Gasteiger partial charge in [-0.15, -0.1) is 0 Å². The maximum absolute atomic E-state index is 15.0. The first-order valence-corrected chi connectivity index (χ1v) is 14.5. The summed E-state index contributed by atoms with van der Waals surface area (Å²) >= 11 is 0. The zero-order chi connectivity index (χ0) is 27.4. The molecular weight excluding hydrogens is 524 g/mol. The number of esters is 1. The predicted octanol–water partition coefficient (Wildman–Crippen LogP) is 2.09. The molecule has 1 saturated heterocycles. The van der Waals surface area contributed by atoms with Crippen LogP contribution in [0.4, 0.5) is 10.1 Å². The molecule has 5 atom stereocenters. The molecule has 39 heavy (non-hydrogen) atoms. The molecule has 1 aromatic heterocycles. The average Bonchev–Trinajstić information content (AvgIpc) is 3.27. The second kappa shape index (κ2) is 8.22. The van der Waals surface area contributed by atoms with Crippen molar-refractivity contribution in [1.82, 2.24) is 9.88 Å². The number of aromatic nitrogens is 1. The Kier molecular flexibility index (Phi) is 5.26. The summed E-state index contributed by atoms with van der Waals surface area (Å²) < 4.78 is 21.8. The fourth-order valence-electron chi connectivity index (χ4n) is 6.82. The van der Waals surface area contributed by atoms with Gasteiger partial charge >= 0.3 is 5.97 Å². The molecule has 11 heteroatoms. The van der Waals surface area contributed by atoms with Gasteiger partial charge in [-0.05, 0) is 73.2 Å². The summed E-state index contributed by atoms with van der Waals surface area (Å²) in [7, 11) is 0.156. The second-order valence-electron chi connectivity index (χ2n) is 11.1. The number of fused-ring (bicyclic) bond motifs is 4. The molecule has 0 spiro atoms. The van der Waals surface area contributed by atoms with E-state index in [1.165, 1.54) is 6.07 Å². The number of ether oxygens (including phenoxy) is 1. The Balaban J connectivity index is 1.42. The van der Waals surface area contributed by atoms with Crippen LogP contribution in [-0.4, -0.2) is 44.2 Å². The van der Waals surface area contributed by atoms with Crippen LogP contribution in [0.1, 0.15) is 65.7 Å². The van der Waals surface area contributed by atoms with Crippen molar-refractivity contribution < 1.29 is 28.9 Å². The number of rotatable bonds is 3. The van der Waals surface area contributed by atoms with Gasteiger partial charge in [-0.2, -0.15) is 0 Å². The molecule has 204 valence electrons. The van der Waals surface area contributed by atoms with Crippen molar-refractivity contribution in [2.75, 3.05) is 11.5 Å². The van der Waals surface area contributed by atoms with Crippen LogP contribution in [0, 0.1) is 12.7 Å². The normalized spacial score (nSPS) is 30.4. The standard InChI is InChI=1S/C28H29FN3O6P/c1-3-27(36)16-8-20-23-14(10-32(20)24(33)15(16)11-38-26(27)35)22-18(31-25(34)28(37)6-7-39-28)5-4-13-12(2)17(29)9-19(30-23)21(13)22/h8-9,18,23,30,36-37,39H,3-7,10-11H2,1-2H3,(H,31,34). The summed E-state index contributed by atoms with van der Waals surface area (Å²) in [4.78, 5) is 39.3. The van der Waals surface area contributed by atoms with E-state index in [0.29, 0.717) is 36.2 Å². The number of hydrogen-bond acceptors (Lipinski definition) is 7. The maximum atomic E-state index is 15.0. The first-order chi connectivity index (χ1) is 18.6. The Morgan fingerprint density at radius 1 is 1.31 bits per heavy atom. The lowest BCUT2D eigenvalue weighted by molar-refractivity contribution is -0.172. The third-order valence-electron chi connectivity index (χ3n) is 9.23. The van der Waals surface area contributed by atoms with Gasteiger partial charge in [0, 0.05) is 22.5 Å². The molecule has 5 unspecified atom stereocenters. The maximum Gasteiger partial charge on any atom is 0.343 e. The second-order valence-corrected chi connectivity index (χ2v) is 12.8. The topological polar surface area (TPSA) is 130 Å². The van der Waals surface area contributed by atoms with Crippen molar-refractivity contribution in [3.63, 3.8) is 0 Å². The SMILES string of the molecule is CCC1(O)C(=O)OCc2c1cc1n(c2=O)CC2=C3c4c(cc(F)c(C)c4CCC3NC(=O)C3(O)CCP3)NC21. The molecule has 4 N–H and O–H groups in total. The Morgan fingerprint density at radius 3 is 2.77 bits per heavy atom. The number of anilines is 1. The number of nitrogens with zero attached hydrogens (tertiary/aromatic N) is 1. The zero-order valence-corrected chi connectivity index (χ0v) is 22.6. The number of carbonyl (C=O) groups is 2. The van der Waals surface area contributed by atoms with Crippen LogP contribution in [-0.2, 0) is 39.5 Å². The third kappa shape index (κ3) is 3.25. The quantitative estimate of drug-likeness (QED) is 0.338. The Labute approximate surface area is 225 Å². The van der Waals surface area contributed by atoms with Crippen molar-refractivity contribution in [2.24, 2.45) is 0 Å². The van der Waals surface area contributed by atoms with Crippen molar-refractivity contribution in [3.05, 3.63) is 67.4 Å². The molecule has 1 aromatic carbocycles. The Bertz CT molecular complexity index is 1590. The smallest absolute Gasteiger partial charge is 0.343 e. The first kappa shape index (κ1) is 24.9. The highest BCUT2D eigenvalue weighted by Crippen LogP contribution is 2.51. The largest absolute Gasteiger partial charge is 0.458 e. The van der Waals surface area contributed by atoms with Gasteiger partial charge in [0.05, 0.1) is 24.2 Å². The van der Waals surface area contributed by atoms with E-state index in [1.54, 1.807) is 24.5 Å². The van der Waals surface area contributed by atoms with Crippen LogP contribution >= 0.6 is 8.58 Å². The van der Waals surface area contributed by atoms with Crippen molar-refractivity contribution in [1.29, 1.82) is 0 Å². The Morgan fingerprint density at radius 2 is 2.08 bits per heavy atom. The minimum Gasteiger partial charge on any atom is -0.458 e. The van der Waals surface area contributed by atoms with Crippen molar-refractivity contribution in [2.45, 2.75) is 75.7 Å². The van der Waals surface area contributed by atoms with Gasteiger partial charge in [0.2, 0.25) is 0 Å². The minimum absolute atomic E-state index is 0.0438. The van der Waals surface area contributed by atoms with Gasteiger partial charge in [-0.25, -0.2) is 9.18 Å². The summed E-state index contributed by atoms with van der Waals surface area (Å²) in [5.74, 6) is -1.52. The fourth-order valence-corrected chi connectivity index (χ4v) is 7.78. The summed E-state index contributed by atoms with van der Waals surface area (Å²) in [5, 5.41) is 27.1. The monoisotopic (exact) mass is 553 g/mol. The molecule has 4 aliphatic heterocycles. The van der Waals surface area contributed by atoms with Crippen LogP contribution in [0.2, 0.25) is 0 Å². The van der Waals surface area contributed by atoms with Crippen LogP contribution in [0.3, 0.4) is 0 Å². The van der Waals surface area contributed by atoms with Gasteiger partial charge in [-0.3, -0.25) is 9.59 Å². The molecule has 1 fully saturated rings. The number of halogens is 1. The van der Waals surface area contributed by atoms with Crippen molar-refractivity contribution in [3.8, 4) is 0 Å². The van der Waals surface area contributed by atoms with E-state index in [9.17, 15) is 24.6 Å².